The van der Waals surface area contributed by atoms with Crippen molar-refractivity contribution >= 4 is 41.2 Å². The van der Waals surface area contributed by atoms with Gasteiger partial charge in [0.15, 0.2) is 0 Å². The molecule has 0 spiro atoms. The molecule has 2 amide bonds. The van der Waals surface area contributed by atoms with Crippen LogP contribution in [0.5, 0.6) is 0 Å². The van der Waals surface area contributed by atoms with Crippen molar-refractivity contribution in [2.45, 2.75) is 40.8 Å². The Morgan fingerprint density at radius 1 is 0.951 bits per heavy atom. The molecule has 0 aromatic carbocycles. The molecule has 220 valence electrons. The first-order valence-corrected chi connectivity index (χ1v) is 14.2. The first kappa shape index (κ1) is 31.8. The molecule has 1 aliphatic rings. The quantitative estimate of drug-likeness (QED) is 0.167. The second-order valence-electron chi connectivity index (χ2n) is 9.73. The average Bonchev–Trinajstić information content (AvgIpc) is 3.57. The number of carbonyl (C=O) groups is 2. The van der Waals surface area contributed by atoms with Gasteiger partial charge in [-0.2, -0.15) is 0 Å². The van der Waals surface area contributed by atoms with Crippen LogP contribution in [0, 0.1) is 6.92 Å². The zero-order valence-corrected chi connectivity index (χ0v) is 25.2. The van der Waals surface area contributed by atoms with Crippen LogP contribution in [0.1, 0.15) is 54.4 Å². The van der Waals surface area contributed by atoms with E-state index >= 15 is 0 Å². The summed E-state index contributed by atoms with van der Waals surface area (Å²) >= 11 is 0. The number of ether oxygens (including phenoxy) is 2. The van der Waals surface area contributed by atoms with Crippen molar-refractivity contribution < 1.29 is 19.1 Å². The Labute approximate surface area is 244 Å². The Balaban J connectivity index is 2.02. The number of aromatic nitrogens is 2. The van der Waals surface area contributed by atoms with E-state index in [1.807, 2.05) is 55.1 Å². The van der Waals surface area contributed by atoms with Crippen molar-refractivity contribution in [2.24, 2.45) is 0 Å². The first-order chi connectivity index (χ1) is 19.9. The molecule has 3 heterocycles. The first-order valence-electron chi connectivity index (χ1n) is 14.2. The highest BCUT2D eigenvalue weighted by molar-refractivity contribution is 6.49. The van der Waals surface area contributed by atoms with E-state index in [2.05, 4.69) is 41.8 Å². The normalized spacial score (nSPS) is 13.9. The summed E-state index contributed by atoms with van der Waals surface area (Å²) in [4.78, 5) is 28.9. The van der Waals surface area contributed by atoms with Crippen LogP contribution in [0.3, 0.4) is 0 Å². The van der Waals surface area contributed by atoms with Gasteiger partial charge in [0.1, 0.15) is 0 Å². The lowest BCUT2D eigenvalue weighted by Crippen LogP contribution is -2.30. The minimum Gasteiger partial charge on any atom is -0.383 e. The standard InChI is InChI=1S/C33H44N4O4/c1-8-13-15-25-24(6)36(12-5)22-27(25)30-31(33(39)34-32(30)38)28-23-37(29(10-3)26(28)14-9-2)18-21-41-20-17-35(11-4)16-19-40-7/h8-10,13-15,22-23H,1,3,11-12,16-21H2,2,4-7H3,(H,34,38,39)/b14-9-,15-13-. The van der Waals surface area contributed by atoms with Gasteiger partial charge in [-0.1, -0.05) is 50.5 Å². The highest BCUT2D eigenvalue weighted by Crippen LogP contribution is 2.38. The van der Waals surface area contributed by atoms with Crippen LogP contribution < -0.4 is 5.32 Å². The summed E-state index contributed by atoms with van der Waals surface area (Å²) in [5, 5.41) is 2.55. The average molecular weight is 561 g/mol. The van der Waals surface area contributed by atoms with Gasteiger partial charge in [0.25, 0.3) is 11.8 Å². The Kier molecular flexibility index (Phi) is 11.9. The molecule has 2 aromatic rings. The smallest absolute Gasteiger partial charge is 0.259 e. The number of aryl methyl sites for hydroxylation is 1. The Hall–Kier alpha value is -3.72. The second kappa shape index (κ2) is 15.3. The van der Waals surface area contributed by atoms with E-state index in [1.54, 1.807) is 19.3 Å². The predicted octanol–water partition coefficient (Wildman–Crippen LogP) is 5.05. The topological polar surface area (TPSA) is 77.7 Å². The molecule has 0 saturated heterocycles. The number of amides is 2. The lowest BCUT2D eigenvalue weighted by molar-refractivity contribution is -0.122. The van der Waals surface area contributed by atoms with Gasteiger partial charge in [-0.05, 0) is 33.4 Å². The maximum atomic E-state index is 13.4. The number of methoxy groups -OCH3 is 1. The minimum atomic E-state index is -0.406. The van der Waals surface area contributed by atoms with Crippen molar-refractivity contribution in [3.05, 3.63) is 77.4 Å². The fraction of sp³-hybridized carbons (Fsp3) is 0.394. The maximum Gasteiger partial charge on any atom is 0.259 e. The molecular formula is C33H44N4O4. The molecule has 3 rings (SSSR count). The third-order valence-electron chi connectivity index (χ3n) is 7.38. The van der Waals surface area contributed by atoms with Gasteiger partial charge < -0.3 is 18.6 Å². The fourth-order valence-corrected chi connectivity index (χ4v) is 5.19. The van der Waals surface area contributed by atoms with Crippen LogP contribution in [0.4, 0.5) is 0 Å². The number of likely N-dealkylation sites (N-methyl/N-ethyl adjacent to an activating group) is 1. The molecule has 0 fully saturated rings. The summed E-state index contributed by atoms with van der Waals surface area (Å²) in [5.41, 5.74) is 5.75. The van der Waals surface area contributed by atoms with E-state index in [9.17, 15) is 9.59 Å². The van der Waals surface area contributed by atoms with Gasteiger partial charge in [0, 0.05) is 79.3 Å². The number of hydrogen-bond acceptors (Lipinski definition) is 5. The minimum absolute atomic E-state index is 0.365. The predicted molar refractivity (Wildman–Crippen MR) is 168 cm³/mol. The summed E-state index contributed by atoms with van der Waals surface area (Å²) in [6.45, 7) is 21.7. The van der Waals surface area contributed by atoms with E-state index in [4.69, 9.17) is 9.47 Å². The van der Waals surface area contributed by atoms with Crippen molar-refractivity contribution in [1.29, 1.82) is 0 Å². The molecule has 0 radical (unpaired) electrons. The number of allylic oxidation sites excluding steroid dienone is 3. The lowest BCUT2D eigenvalue weighted by atomic mass is 9.93. The SMILES string of the molecule is C=C/C=C\c1c(C2=C(c3cn(CCOCCN(CC)CCOC)c(C=C)c3/C=C\C)C(=O)NC2=O)cn(CC)c1C. The Morgan fingerprint density at radius 2 is 1.61 bits per heavy atom. The van der Waals surface area contributed by atoms with Crippen molar-refractivity contribution in [3.63, 3.8) is 0 Å². The third-order valence-corrected chi connectivity index (χ3v) is 7.38. The van der Waals surface area contributed by atoms with Crippen LogP contribution in [-0.4, -0.2) is 72.4 Å². The molecule has 1 N–H and O–H groups in total. The molecule has 0 unspecified atom stereocenters. The van der Waals surface area contributed by atoms with Crippen LogP contribution in [-0.2, 0) is 32.2 Å². The van der Waals surface area contributed by atoms with Crippen molar-refractivity contribution in [1.82, 2.24) is 19.4 Å². The molecule has 0 atom stereocenters. The number of hydrogen-bond donors (Lipinski definition) is 1. The third kappa shape index (κ3) is 7.14. The van der Waals surface area contributed by atoms with Gasteiger partial charge >= 0.3 is 0 Å². The highest BCUT2D eigenvalue weighted by Gasteiger charge is 2.36. The Morgan fingerprint density at radius 3 is 2.20 bits per heavy atom. The van der Waals surface area contributed by atoms with Crippen LogP contribution in [0.2, 0.25) is 0 Å². The lowest BCUT2D eigenvalue weighted by Gasteiger charge is -2.19. The van der Waals surface area contributed by atoms with Gasteiger partial charge in [-0.25, -0.2) is 0 Å². The fourth-order valence-electron chi connectivity index (χ4n) is 5.19. The maximum absolute atomic E-state index is 13.4. The monoisotopic (exact) mass is 560 g/mol. The number of carbonyl (C=O) groups excluding carboxylic acids is 2. The number of rotatable bonds is 17. The van der Waals surface area contributed by atoms with Crippen molar-refractivity contribution in [3.8, 4) is 0 Å². The number of imide groups is 1. The molecule has 41 heavy (non-hydrogen) atoms. The molecular weight excluding hydrogens is 516 g/mol. The molecule has 8 nitrogen and oxygen atoms in total. The summed E-state index contributed by atoms with van der Waals surface area (Å²) in [6.07, 6.45) is 15.0. The Bertz CT molecular complexity index is 1360. The van der Waals surface area contributed by atoms with E-state index in [0.717, 1.165) is 54.3 Å². The summed E-state index contributed by atoms with van der Waals surface area (Å²) in [7, 11) is 1.71. The van der Waals surface area contributed by atoms with Crippen LogP contribution >= 0.6 is 0 Å². The van der Waals surface area contributed by atoms with Crippen LogP contribution in [0.15, 0.2) is 43.8 Å². The van der Waals surface area contributed by atoms with E-state index < -0.39 is 11.8 Å². The highest BCUT2D eigenvalue weighted by atomic mass is 16.5. The molecule has 1 aliphatic heterocycles. The van der Waals surface area contributed by atoms with Gasteiger partial charge in [-0.3, -0.25) is 19.8 Å². The number of nitrogens with zero attached hydrogens (tertiary/aromatic N) is 3. The van der Waals surface area contributed by atoms with Crippen molar-refractivity contribution in [2.75, 3.05) is 46.6 Å². The molecule has 8 heteroatoms. The van der Waals surface area contributed by atoms with Gasteiger partial charge in [0.05, 0.1) is 31.0 Å². The molecule has 0 saturated carbocycles. The van der Waals surface area contributed by atoms with Gasteiger partial charge in [-0.15, -0.1) is 0 Å². The molecule has 2 aromatic heterocycles. The van der Waals surface area contributed by atoms with Gasteiger partial charge in [0.2, 0.25) is 0 Å². The zero-order chi connectivity index (χ0) is 29.9. The summed E-state index contributed by atoms with van der Waals surface area (Å²) < 4.78 is 15.3. The van der Waals surface area contributed by atoms with E-state index in [1.165, 1.54) is 0 Å². The zero-order valence-electron chi connectivity index (χ0n) is 25.2. The molecule has 0 aliphatic carbocycles. The van der Waals surface area contributed by atoms with E-state index in [-0.39, 0.29) is 0 Å². The number of nitrogens with one attached hydrogen (secondary N) is 1. The van der Waals surface area contributed by atoms with Crippen LogP contribution in [0.25, 0.3) is 29.4 Å². The second-order valence-corrected chi connectivity index (χ2v) is 9.73. The summed E-state index contributed by atoms with van der Waals surface area (Å²) in [6, 6.07) is 0. The van der Waals surface area contributed by atoms with E-state index in [0.29, 0.717) is 43.1 Å². The summed E-state index contributed by atoms with van der Waals surface area (Å²) in [5.74, 6) is -0.806. The molecule has 0 bridgehead atoms. The largest absolute Gasteiger partial charge is 0.383 e.